The number of aryl methyl sites for hydroxylation is 2. The van der Waals surface area contributed by atoms with Gasteiger partial charge in [0.25, 0.3) is 0 Å². The molecule has 0 fully saturated rings. The molecule has 1 N–H and O–H groups in total. The first-order chi connectivity index (χ1) is 9.59. The molecule has 20 heavy (non-hydrogen) atoms. The molecule has 1 atom stereocenters. The number of rotatable bonds is 6. The lowest BCUT2D eigenvalue weighted by Gasteiger charge is -2.24. The highest BCUT2D eigenvalue weighted by Crippen LogP contribution is 2.22. The van der Waals surface area contributed by atoms with Crippen LogP contribution < -0.4 is 5.32 Å². The largest absolute Gasteiger partial charge is 0.311 e. The highest BCUT2D eigenvalue weighted by Gasteiger charge is 2.14. The van der Waals surface area contributed by atoms with Crippen LogP contribution in [-0.2, 0) is 6.54 Å². The van der Waals surface area contributed by atoms with Crippen LogP contribution >= 0.6 is 11.3 Å². The molecular formula is C17H24N2S. The number of thiophene rings is 1. The lowest BCUT2D eigenvalue weighted by molar-refractivity contribution is 0.292. The molecule has 2 aromatic rings. The number of nitrogens with zero attached hydrogens (tertiary/aromatic N) is 1. The second-order valence-electron chi connectivity index (χ2n) is 5.50. The molecule has 2 rings (SSSR count). The third-order valence-corrected chi connectivity index (χ3v) is 4.75. The van der Waals surface area contributed by atoms with E-state index in [0.29, 0.717) is 6.04 Å². The van der Waals surface area contributed by atoms with E-state index in [0.717, 1.165) is 13.1 Å². The summed E-state index contributed by atoms with van der Waals surface area (Å²) in [6, 6.07) is 11.3. The van der Waals surface area contributed by atoms with Gasteiger partial charge < -0.3 is 10.2 Å². The normalized spacial score (nSPS) is 12.8. The number of likely N-dealkylation sites (N-methyl/N-ethyl adjacent to an activating group) is 1. The van der Waals surface area contributed by atoms with Crippen molar-refractivity contribution in [3.63, 3.8) is 0 Å². The Morgan fingerprint density at radius 2 is 1.80 bits per heavy atom. The van der Waals surface area contributed by atoms with Gasteiger partial charge in [0.05, 0.1) is 6.04 Å². The molecule has 3 heteroatoms. The summed E-state index contributed by atoms with van der Waals surface area (Å²) in [5.41, 5.74) is 4.17. The summed E-state index contributed by atoms with van der Waals surface area (Å²) in [6.07, 6.45) is 0. The van der Waals surface area contributed by atoms with Crippen molar-refractivity contribution in [1.29, 1.82) is 0 Å². The van der Waals surface area contributed by atoms with Crippen LogP contribution in [0.15, 0.2) is 35.7 Å². The van der Waals surface area contributed by atoms with Crippen molar-refractivity contribution in [2.24, 2.45) is 0 Å². The van der Waals surface area contributed by atoms with E-state index in [9.17, 15) is 0 Å². The van der Waals surface area contributed by atoms with Crippen LogP contribution in [0.2, 0.25) is 0 Å². The van der Waals surface area contributed by atoms with Crippen LogP contribution in [-0.4, -0.2) is 25.5 Å². The predicted octanol–water partition coefficient (Wildman–Crippen LogP) is 3.76. The number of hydrogen-bond acceptors (Lipinski definition) is 3. The summed E-state index contributed by atoms with van der Waals surface area (Å²) in [7, 11) is 4.29. The highest BCUT2D eigenvalue weighted by atomic mass is 32.1. The predicted molar refractivity (Wildman–Crippen MR) is 88.4 cm³/mol. The van der Waals surface area contributed by atoms with E-state index in [4.69, 9.17) is 0 Å². The highest BCUT2D eigenvalue weighted by molar-refractivity contribution is 7.10. The second-order valence-corrected chi connectivity index (χ2v) is 6.48. The fourth-order valence-corrected chi connectivity index (χ4v) is 3.40. The second kappa shape index (κ2) is 7.02. The Hall–Kier alpha value is -1.16. The molecule has 108 valence electrons. The molecule has 0 saturated carbocycles. The van der Waals surface area contributed by atoms with Crippen LogP contribution in [0.4, 0.5) is 0 Å². The summed E-state index contributed by atoms with van der Waals surface area (Å²) < 4.78 is 0. The summed E-state index contributed by atoms with van der Waals surface area (Å²) in [4.78, 5) is 3.70. The van der Waals surface area contributed by atoms with Gasteiger partial charge in [0, 0.05) is 18.0 Å². The maximum atomic E-state index is 3.62. The SMILES string of the molecule is Cc1cccc(C)c1CNCC(c1cccs1)N(C)C. The van der Waals surface area contributed by atoms with Crippen LogP contribution in [0.5, 0.6) is 0 Å². The number of hydrogen-bond donors (Lipinski definition) is 1. The maximum Gasteiger partial charge on any atom is 0.0561 e. The summed E-state index contributed by atoms with van der Waals surface area (Å²) in [6.45, 7) is 6.29. The van der Waals surface area contributed by atoms with Crippen molar-refractivity contribution in [3.8, 4) is 0 Å². The zero-order chi connectivity index (χ0) is 14.5. The monoisotopic (exact) mass is 288 g/mol. The smallest absolute Gasteiger partial charge is 0.0561 e. The third kappa shape index (κ3) is 3.69. The fraction of sp³-hybridized carbons (Fsp3) is 0.412. The quantitative estimate of drug-likeness (QED) is 0.870. The lowest BCUT2D eigenvalue weighted by Crippen LogP contribution is -2.30. The van der Waals surface area contributed by atoms with E-state index >= 15 is 0 Å². The van der Waals surface area contributed by atoms with Crippen LogP contribution in [0, 0.1) is 13.8 Å². The van der Waals surface area contributed by atoms with Gasteiger partial charge in [-0.15, -0.1) is 11.3 Å². The molecule has 0 amide bonds. The molecule has 0 aliphatic carbocycles. The Morgan fingerprint density at radius 3 is 2.35 bits per heavy atom. The minimum atomic E-state index is 0.444. The molecule has 2 nitrogen and oxygen atoms in total. The van der Waals surface area contributed by atoms with Gasteiger partial charge in [-0.25, -0.2) is 0 Å². The van der Waals surface area contributed by atoms with Crippen molar-refractivity contribution in [3.05, 3.63) is 57.3 Å². The van der Waals surface area contributed by atoms with Crippen molar-refractivity contribution < 1.29 is 0 Å². The number of nitrogens with one attached hydrogen (secondary N) is 1. The van der Waals surface area contributed by atoms with Gasteiger partial charge in [-0.1, -0.05) is 24.3 Å². The zero-order valence-corrected chi connectivity index (χ0v) is 13.6. The molecule has 1 aromatic heterocycles. The molecule has 0 radical (unpaired) electrons. The van der Waals surface area contributed by atoms with E-state index in [-0.39, 0.29) is 0 Å². The summed E-state index contributed by atoms with van der Waals surface area (Å²) in [5.74, 6) is 0. The molecule has 0 aliphatic heterocycles. The van der Waals surface area contributed by atoms with Crippen molar-refractivity contribution >= 4 is 11.3 Å². The van der Waals surface area contributed by atoms with Gasteiger partial charge in [-0.2, -0.15) is 0 Å². The Balaban J connectivity index is 1.97. The Labute approximate surface area is 126 Å². The Kier molecular flexibility index (Phi) is 5.35. The summed E-state index contributed by atoms with van der Waals surface area (Å²) >= 11 is 1.83. The molecule has 1 aromatic carbocycles. The molecular weight excluding hydrogens is 264 g/mol. The van der Waals surface area contributed by atoms with Gasteiger partial charge in [0.15, 0.2) is 0 Å². The Morgan fingerprint density at radius 1 is 1.10 bits per heavy atom. The minimum Gasteiger partial charge on any atom is -0.311 e. The van der Waals surface area contributed by atoms with E-state index in [1.54, 1.807) is 0 Å². The molecule has 0 bridgehead atoms. The van der Waals surface area contributed by atoms with Crippen molar-refractivity contribution in [2.45, 2.75) is 26.4 Å². The first-order valence-electron chi connectivity index (χ1n) is 7.05. The van der Waals surface area contributed by atoms with Gasteiger partial charge in [-0.3, -0.25) is 0 Å². The molecule has 1 unspecified atom stereocenters. The first kappa shape index (κ1) is 15.2. The van der Waals surface area contributed by atoms with Crippen molar-refractivity contribution in [2.75, 3.05) is 20.6 Å². The average molecular weight is 288 g/mol. The van der Waals surface area contributed by atoms with Gasteiger partial charge in [0.1, 0.15) is 0 Å². The van der Waals surface area contributed by atoms with E-state index in [1.807, 2.05) is 11.3 Å². The minimum absolute atomic E-state index is 0.444. The molecule has 0 saturated heterocycles. The fourth-order valence-electron chi connectivity index (χ4n) is 2.48. The van der Waals surface area contributed by atoms with Gasteiger partial charge in [0.2, 0.25) is 0 Å². The first-order valence-corrected chi connectivity index (χ1v) is 7.93. The standard InChI is InChI=1S/C17H24N2S/c1-13-7-5-8-14(2)15(13)11-18-12-16(19(3)4)17-9-6-10-20-17/h5-10,16,18H,11-12H2,1-4H3. The molecule has 0 spiro atoms. The van der Waals surface area contributed by atoms with Crippen LogP contribution in [0.1, 0.15) is 27.6 Å². The van der Waals surface area contributed by atoms with E-state index in [2.05, 4.69) is 73.9 Å². The average Bonchev–Trinajstić information content (AvgIpc) is 2.90. The van der Waals surface area contributed by atoms with Gasteiger partial charge >= 0.3 is 0 Å². The van der Waals surface area contributed by atoms with Gasteiger partial charge in [-0.05, 0) is 56.1 Å². The lowest BCUT2D eigenvalue weighted by atomic mass is 10.0. The van der Waals surface area contributed by atoms with E-state index < -0.39 is 0 Å². The molecule has 0 aliphatic rings. The van der Waals surface area contributed by atoms with Crippen LogP contribution in [0.3, 0.4) is 0 Å². The number of benzene rings is 1. The summed E-state index contributed by atoms with van der Waals surface area (Å²) in [5, 5.41) is 5.77. The van der Waals surface area contributed by atoms with Crippen LogP contribution in [0.25, 0.3) is 0 Å². The third-order valence-electron chi connectivity index (χ3n) is 3.78. The van der Waals surface area contributed by atoms with Crippen molar-refractivity contribution in [1.82, 2.24) is 10.2 Å². The zero-order valence-electron chi connectivity index (χ0n) is 12.8. The van der Waals surface area contributed by atoms with E-state index in [1.165, 1.54) is 21.6 Å². The molecule has 1 heterocycles. The Bertz CT molecular complexity index is 512. The maximum absolute atomic E-state index is 3.62. The topological polar surface area (TPSA) is 15.3 Å².